The number of aromatic carboxylic acids is 1. The molecular formula is C10H11BrO3. The van der Waals surface area contributed by atoms with Gasteiger partial charge in [-0.2, -0.15) is 0 Å². The second-order valence-electron chi connectivity index (χ2n) is 2.80. The molecule has 1 aromatic carbocycles. The monoisotopic (exact) mass is 258 g/mol. The zero-order valence-electron chi connectivity index (χ0n) is 7.79. The van der Waals surface area contributed by atoms with Gasteiger partial charge in [0.15, 0.2) is 0 Å². The lowest BCUT2D eigenvalue weighted by Gasteiger charge is -2.06. The van der Waals surface area contributed by atoms with Crippen molar-refractivity contribution in [1.82, 2.24) is 0 Å². The molecule has 0 amide bonds. The summed E-state index contributed by atoms with van der Waals surface area (Å²) in [6.07, 6.45) is 0.924. The standard InChI is InChI=1S/C10H11BrO3/c1-2-5-14-9-4-3-7(10(12)13)6-8(9)11/h3-4,6H,2,5H2,1H3,(H,12,13). The number of benzene rings is 1. The van der Waals surface area contributed by atoms with Crippen molar-refractivity contribution in [1.29, 1.82) is 0 Å². The highest BCUT2D eigenvalue weighted by atomic mass is 79.9. The molecule has 3 nitrogen and oxygen atoms in total. The molecule has 1 aromatic rings. The van der Waals surface area contributed by atoms with Gasteiger partial charge in [-0.1, -0.05) is 6.92 Å². The molecule has 0 aliphatic rings. The molecule has 0 aromatic heterocycles. The summed E-state index contributed by atoms with van der Waals surface area (Å²) in [4.78, 5) is 10.6. The molecule has 0 atom stereocenters. The maximum Gasteiger partial charge on any atom is 0.335 e. The Hall–Kier alpha value is -1.03. The molecule has 0 unspecified atom stereocenters. The van der Waals surface area contributed by atoms with Crippen molar-refractivity contribution in [2.24, 2.45) is 0 Å². The summed E-state index contributed by atoms with van der Waals surface area (Å²) in [5.74, 6) is -0.260. The zero-order valence-corrected chi connectivity index (χ0v) is 9.37. The lowest BCUT2D eigenvalue weighted by atomic mass is 10.2. The number of hydrogen-bond donors (Lipinski definition) is 1. The van der Waals surface area contributed by atoms with Crippen LogP contribution in [0.15, 0.2) is 22.7 Å². The number of halogens is 1. The Morgan fingerprint density at radius 2 is 2.29 bits per heavy atom. The third-order valence-corrected chi connectivity index (χ3v) is 2.26. The number of carboxylic acids is 1. The van der Waals surface area contributed by atoms with E-state index in [1.54, 1.807) is 6.07 Å². The van der Waals surface area contributed by atoms with Crippen LogP contribution in [-0.2, 0) is 0 Å². The van der Waals surface area contributed by atoms with Gasteiger partial charge >= 0.3 is 5.97 Å². The van der Waals surface area contributed by atoms with Crippen molar-refractivity contribution in [2.45, 2.75) is 13.3 Å². The van der Waals surface area contributed by atoms with Crippen molar-refractivity contribution in [2.75, 3.05) is 6.61 Å². The fourth-order valence-electron chi connectivity index (χ4n) is 0.963. The number of ether oxygens (including phenoxy) is 1. The van der Waals surface area contributed by atoms with Gasteiger partial charge in [0, 0.05) is 0 Å². The highest BCUT2D eigenvalue weighted by Crippen LogP contribution is 2.26. The van der Waals surface area contributed by atoms with Crippen LogP contribution < -0.4 is 4.74 Å². The minimum atomic E-state index is -0.937. The maximum absolute atomic E-state index is 10.6. The number of carboxylic acid groups (broad SMARTS) is 1. The average molecular weight is 259 g/mol. The summed E-state index contributed by atoms with van der Waals surface area (Å²) in [5.41, 5.74) is 0.251. The average Bonchev–Trinajstić information content (AvgIpc) is 2.15. The lowest BCUT2D eigenvalue weighted by molar-refractivity contribution is 0.0697. The maximum atomic E-state index is 10.6. The topological polar surface area (TPSA) is 46.5 Å². The van der Waals surface area contributed by atoms with Gasteiger partial charge in [0.1, 0.15) is 5.75 Å². The van der Waals surface area contributed by atoms with Crippen molar-refractivity contribution in [3.05, 3.63) is 28.2 Å². The van der Waals surface area contributed by atoms with Gasteiger partial charge in [-0.05, 0) is 40.5 Å². The summed E-state index contributed by atoms with van der Waals surface area (Å²) >= 11 is 3.26. The van der Waals surface area contributed by atoms with E-state index in [1.807, 2.05) is 6.92 Å². The van der Waals surface area contributed by atoms with Crippen LogP contribution in [0.25, 0.3) is 0 Å². The Morgan fingerprint density at radius 3 is 2.79 bits per heavy atom. The number of hydrogen-bond acceptors (Lipinski definition) is 2. The Kier molecular flexibility index (Phi) is 3.95. The van der Waals surface area contributed by atoms with E-state index in [1.165, 1.54) is 12.1 Å². The van der Waals surface area contributed by atoms with E-state index in [9.17, 15) is 4.79 Å². The van der Waals surface area contributed by atoms with Gasteiger partial charge in [-0.3, -0.25) is 0 Å². The van der Waals surface area contributed by atoms with Crippen LogP contribution in [0.1, 0.15) is 23.7 Å². The van der Waals surface area contributed by atoms with Gasteiger partial charge in [0.25, 0.3) is 0 Å². The molecule has 0 saturated carbocycles. The molecule has 4 heteroatoms. The quantitative estimate of drug-likeness (QED) is 0.904. The minimum Gasteiger partial charge on any atom is -0.492 e. The third-order valence-electron chi connectivity index (χ3n) is 1.64. The van der Waals surface area contributed by atoms with E-state index in [0.717, 1.165) is 6.42 Å². The van der Waals surface area contributed by atoms with E-state index in [0.29, 0.717) is 16.8 Å². The van der Waals surface area contributed by atoms with Crippen molar-refractivity contribution < 1.29 is 14.6 Å². The SMILES string of the molecule is CCCOc1ccc(C(=O)O)cc1Br. The van der Waals surface area contributed by atoms with Crippen LogP contribution >= 0.6 is 15.9 Å². The fourth-order valence-corrected chi connectivity index (χ4v) is 1.46. The van der Waals surface area contributed by atoms with Crippen LogP contribution in [0.4, 0.5) is 0 Å². The Bertz CT molecular complexity index is 336. The highest BCUT2D eigenvalue weighted by Gasteiger charge is 2.06. The van der Waals surface area contributed by atoms with Crippen LogP contribution in [0.2, 0.25) is 0 Å². The van der Waals surface area contributed by atoms with Crippen LogP contribution in [0.3, 0.4) is 0 Å². The first-order valence-corrected chi connectivity index (χ1v) is 5.10. The Labute approximate surface area is 90.8 Å². The van der Waals surface area contributed by atoms with E-state index in [4.69, 9.17) is 9.84 Å². The lowest BCUT2D eigenvalue weighted by Crippen LogP contribution is -1.99. The molecule has 0 aliphatic heterocycles. The Morgan fingerprint density at radius 1 is 1.57 bits per heavy atom. The summed E-state index contributed by atoms with van der Waals surface area (Å²) in [5, 5.41) is 8.71. The van der Waals surface area contributed by atoms with Crippen molar-refractivity contribution in [3.63, 3.8) is 0 Å². The van der Waals surface area contributed by atoms with Gasteiger partial charge < -0.3 is 9.84 Å². The van der Waals surface area contributed by atoms with Gasteiger partial charge in [-0.25, -0.2) is 4.79 Å². The van der Waals surface area contributed by atoms with Crippen LogP contribution in [0, 0.1) is 0 Å². The van der Waals surface area contributed by atoms with Crippen molar-refractivity contribution in [3.8, 4) is 5.75 Å². The van der Waals surface area contributed by atoms with E-state index in [2.05, 4.69) is 15.9 Å². The predicted octanol–water partition coefficient (Wildman–Crippen LogP) is 2.94. The molecule has 0 bridgehead atoms. The molecule has 0 heterocycles. The molecule has 0 aliphatic carbocycles. The largest absolute Gasteiger partial charge is 0.492 e. The highest BCUT2D eigenvalue weighted by molar-refractivity contribution is 9.10. The molecule has 76 valence electrons. The summed E-state index contributed by atoms with van der Waals surface area (Å²) in [6.45, 7) is 2.64. The third kappa shape index (κ3) is 2.73. The second-order valence-corrected chi connectivity index (χ2v) is 3.65. The molecule has 0 fully saturated rings. The van der Waals surface area contributed by atoms with E-state index >= 15 is 0 Å². The summed E-state index contributed by atoms with van der Waals surface area (Å²) in [7, 11) is 0. The normalized spacial score (nSPS) is 9.86. The van der Waals surface area contributed by atoms with Gasteiger partial charge in [-0.15, -0.1) is 0 Å². The molecular weight excluding hydrogens is 248 g/mol. The first-order valence-electron chi connectivity index (χ1n) is 4.30. The molecule has 14 heavy (non-hydrogen) atoms. The summed E-state index contributed by atoms with van der Waals surface area (Å²) in [6, 6.07) is 4.72. The fraction of sp³-hybridized carbons (Fsp3) is 0.300. The molecule has 0 radical (unpaired) electrons. The predicted molar refractivity (Wildman–Crippen MR) is 56.9 cm³/mol. The number of rotatable bonds is 4. The number of carbonyl (C=O) groups is 1. The molecule has 0 saturated heterocycles. The van der Waals surface area contributed by atoms with Crippen LogP contribution in [-0.4, -0.2) is 17.7 Å². The molecule has 0 spiro atoms. The van der Waals surface area contributed by atoms with Crippen LogP contribution in [0.5, 0.6) is 5.75 Å². The first kappa shape index (κ1) is 11.0. The van der Waals surface area contributed by atoms with E-state index in [-0.39, 0.29) is 5.56 Å². The summed E-state index contributed by atoms with van der Waals surface area (Å²) < 4.78 is 6.05. The van der Waals surface area contributed by atoms with Gasteiger partial charge in [0.05, 0.1) is 16.6 Å². The second kappa shape index (κ2) is 5.00. The van der Waals surface area contributed by atoms with Gasteiger partial charge in [0.2, 0.25) is 0 Å². The smallest absolute Gasteiger partial charge is 0.335 e. The zero-order chi connectivity index (χ0) is 10.6. The van der Waals surface area contributed by atoms with Crippen molar-refractivity contribution >= 4 is 21.9 Å². The van der Waals surface area contributed by atoms with E-state index < -0.39 is 5.97 Å². The molecule has 1 N–H and O–H groups in total. The Balaban J connectivity index is 2.84. The molecule has 1 rings (SSSR count). The minimum absolute atomic E-state index is 0.251. The first-order chi connectivity index (χ1) is 6.65.